The van der Waals surface area contributed by atoms with E-state index in [1.165, 1.54) is 22.4 Å². The summed E-state index contributed by atoms with van der Waals surface area (Å²) in [6.07, 6.45) is 3.37. The van der Waals surface area contributed by atoms with Gasteiger partial charge in [-0.2, -0.15) is 0 Å². The SMILES string of the molecule is Cc1cccc(N2CC=C(CN)CC2)c1C. The molecule has 0 saturated carbocycles. The van der Waals surface area contributed by atoms with E-state index < -0.39 is 0 Å². The fraction of sp³-hybridized carbons (Fsp3) is 0.429. The summed E-state index contributed by atoms with van der Waals surface area (Å²) in [4.78, 5) is 2.43. The maximum Gasteiger partial charge on any atom is 0.0401 e. The molecule has 0 saturated heterocycles. The van der Waals surface area contributed by atoms with Crippen LogP contribution in [0.15, 0.2) is 29.8 Å². The van der Waals surface area contributed by atoms with Gasteiger partial charge >= 0.3 is 0 Å². The molecule has 0 aliphatic carbocycles. The van der Waals surface area contributed by atoms with Crippen molar-refractivity contribution in [2.45, 2.75) is 20.3 Å². The van der Waals surface area contributed by atoms with Gasteiger partial charge in [0.25, 0.3) is 0 Å². The van der Waals surface area contributed by atoms with Crippen LogP contribution < -0.4 is 10.6 Å². The zero-order valence-electron chi connectivity index (χ0n) is 10.2. The highest BCUT2D eigenvalue weighted by molar-refractivity contribution is 5.57. The number of anilines is 1. The van der Waals surface area contributed by atoms with Crippen LogP contribution >= 0.6 is 0 Å². The van der Waals surface area contributed by atoms with E-state index in [0.29, 0.717) is 6.54 Å². The largest absolute Gasteiger partial charge is 0.367 e. The van der Waals surface area contributed by atoms with E-state index >= 15 is 0 Å². The van der Waals surface area contributed by atoms with Crippen molar-refractivity contribution >= 4 is 5.69 Å². The summed E-state index contributed by atoms with van der Waals surface area (Å²) >= 11 is 0. The van der Waals surface area contributed by atoms with Gasteiger partial charge in [0.1, 0.15) is 0 Å². The van der Waals surface area contributed by atoms with Crippen molar-refractivity contribution in [1.82, 2.24) is 0 Å². The van der Waals surface area contributed by atoms with Crippen LogP contribution in [0.3, 0.4) is 0 Å². The lowest BCUT2D eigenvalue weighted by molar-refractivity contribution is 0.770. The average Bonchev–Trinajstić information content (AvgIpc) is 2.33. The predicted molar refractivity (Wildman–Crippen MR) is 69.9 cm³/mol. The Hall–Kier alpha value is -1.28. The number of hydrogen-bond donors (Lipinski definition) is 1. The van der Waals surface area contributed by atoms with Crippen LogP contribution in [-0.2, 0) is 0 Å². The fourth-order valence-electron chi connectivity index (χ4n) is 2.19. The summed E-state index contributed by atoms with van der Waals surface area (Å²) in [6.45, 7) is 7.17. The summed E-state index contributed by atoms with van der Waals surface area (Å²) in [5.74, 6) is 0. The second-order valence-electron chi connectivity index (χ2n) is 4.48. The molecular formula is C14H20N2. The number of nitrogens with zero attached hydrogens (tertiary/aromatic N) is 1. The average molecular weight is 216 g/mol. The van der Waals surface area contributed by atoms with Gasteiger partial charge < -0.3 is 10.6 Å². The Bertz CT molecular complexity index is 407. The number of nitrogens with two attached hydrogens (primary N) is 1. The standard InChI is InChI=1S/C14H20N2/c1-11-4-3-5-14(12(11)2)16-8-6-13(10-15)7-9-16/h3-6H,7-10,15H2,1-2H3. The monoisotopic (exact) mass is 216 g/mol. The number of hydrogen-bond acceptors (Lipinski definition) is 2. The molecule has 0 atom stereocenters. The molecule has 0 unspecified atom stereocenters. The van der Waals surface area contributed by atoms with Crippen molar-refractivity contribution in [2.75, 3.05) is 24.5 Å². The van der Waals surface area contributed by atoms with Crippen LogP contribution in [0.2, 0.25) is 0 Å². The first kappa shape index (κ1) is 11.2. The zero-order chi connectivity index (χ0) is 11.5. The van der Waals surface area contributed by atoms with Crippen molar-refractivity contribution in [3.05, 3.63) is 41.0 Å². The highest BCUT2D eigenvalue weighted by Gasteiger charge is 2.13. The summed E-state index contributed by atoms with van der Waals surface area (Å²) < 4.78 is 0. The molecule has 0 aromatic heterocycles. The Morgan fingerprint density at radius 1 is 1.31 bits per heavy atom. The molecule has 0 bridgehead atoms. The fourth-order valence-corrected chi connectivity index (χ4v) is 2.19. The zero-order valence-corrected chi connectivity index (χ0v) is 10.2. The topological polar surface area (TPSA) is 29.3 Å². The lowest BCUT2D eigenvalue weighted by Crippen LogP contribution is -2.30. The van der Waals surface area contributed by atoms with Gasteiger partial charge in [-0.3, -0.25) is 0 Å². The minimum Gasteiger partial charge on any atom is -0.367 e. The maximum atomic E-state index is 5.65. The van der Waals surface area contributed by atoms with E-state index in [9.17, 15) is 0 Å². The first-order chi connectivity index (χ1) is 7.72. The lowest BCUT2D eigenvalue weighted by Gasteiger charge is -2.30. The second kappa shape index (κ2) is 4.71. The van der Waals surface area contributed by atoms with Gasteiger partial charge in [0.15, 0.2) is 0 Å². The summed E-state index contributed by atoms with van der Waals surface area (Å²) in [5, 5.41) is 0. The minimum atomic E-state index is 0.709. The molecule has 86 valence electrons. The van der Waals surface area contributed by atoms with Crippen molar-refractivity contribution in [3.8, 4) is 0 Å². The summed E-state index contributed by atoms with van der Waals surface area (Å²) in [6, 6.07) is 6.52. The highest BCUT2D eigenvalue weighted by atomic mass is 15.1. The van der Waals surface area contributed by atoms with Crippen LogP contribution in [0.4, 0.5) is 5.69 Å². The van der Waals surface area contributed by atoms with E-state index in [4.69, 9.17) is 5.73 Å². The molecule has 2 N–H and O–H groups in total. The molecule has 2 rings (SSSR count). The first-order valence-electron chi connectivity index (χ1n) is 5.91. The van der Waals surface area contributed by atoms with Gasteiger partial charge in [-0.1, -0.05) is 23.8 Å². The Kier molecular flexibility index (Phi) is 3.30. The molecule has 1 aromatic carbocycles. The minimum absolute atomic E-state index is 0.709. The van der Waals surface area contributed by atoms with Crippen LogP contribution in [0.1, 0.15) is 17.5 Å². The smallest absolute Gasteiger partial charge is 0.0401 e. The van der Waals surface area contributed by atoms with E-state index in [1.807, 2.05) is 0 Å². The molecule has 2 heteroatoms. The molecule has 0 radical (unpaired) electrons. The Labute approximate surface area is 97.8 Å². The highest BCUT2D eigenvalue weighted by Crippen LogP contribution is 2.25. The second-order valence-corrected chi connectivity index (χ2v) is 4.48. The molecule has 0 amide bonds. The Morgan fingerprint density at radius 2 is 2.12 bits per heavy atom. The predicted octanol–water partition coefficient (Wildman–Crippen LogP) is 2.40. The van der Waals surface area contributed by atoms with E-state index in [-0.39, 0.29) is 0 Å². The van der Waals surface area contributed by atoms with Crippen molar-refractivity contribution in [2.24, 2.45) is 5.73 Å². The third-order valence-corrected chi connectivity index (χ3v) is 3.48. The van der Waals surface area contributed by atoms with Crippen LogP contribution in [0.25, 0.3) is 0 Å². The van der Waals surface area contributed by atoms with Gasteiger partial charge in [0, 0.05) is 25.3 Å². The third-order valence-electron chi connectivity index (χ3n) is 3.48. The third kappa shape index (κ3) is 2.12. The van der Waals surface area contributed by atoms with Crippen LogP contribution in [0.5, 0.6) is 0 Å². The Morgan fingerprint density at radius 3 is 2.75 bits per heavy atom. The van der Waals surface area contributed by atoms with Crippen LogP contribution in [-0.4, -0.2) is 19.6 Å². The molecular weight excluding hydrogens is 196 g/mol. The van der Waals surface area contributed by atoms with Gasteiger partial charge in [0.2, 0.25) is 0 Å². The van der Waals surface area contributed by atoms with E-state index in [0.717, 1.165) is 19.5 Å². The van der Waals surface area contributed by atoms with Gasteiger partial charge in [-0.25, -0.2) is 0 Å². The molecule has 16 heavy (non-hydrogen) atoms. The van der Waals surface area contributed by atoms with Gasteiger partial charge in [0.05, 0.1) is 0 Å². The first-order valence-corrected chi connectivity index (χ1v) is 5.91. The summed E-state index contributed by atoms with van der Waals surface area (Å²) in [5.41, 5.74) is 11.2. The normalized spacial score (nSPS) is 16.2. The van der Waals surface area contributed by atoms with Gasteiger partial charge in [-0.05, 0) is 37.5 Å². The van der Waals surface area contributed by atoms with Crippen molar-refractivity contribution in [3.63, 3.8) is 0 Å². The lowest BCUT2D eigenvalue weighted by atomic mass is 10.0. The van der Waals surface area contributed by atoms with E-state index in [1.54, 1.807) is 0 Å². The molecule has 0 fully saturated rings. The Balaban J connectivity index is 2.21. The molecule has 0 spiro atoms. The van der Waals surface area contributed by atoms with Crippen LogP contribution in [0, 0.1) is 13.8 Å². The van der Waals surface area contributed by atoms with Crippen molar-refractivity contribution < 1.29 is 0 Å². The van der Waals surface area contributed by atoms with Crippen molar-refractivity contribution in [1.29, 1.82) is 0 Å². The number of rotatable bonds is 2. The maximum absolute atomic E-state index is 5.65. The number of aryl methyl sites for hydroxylation is 1. The van der Waals surface area contributed by atoms with Gasteiger partial charge in [-0.15, -0.1) is 0 Å². The molecule has 1 aromatic rings. The molecule has 1 aliphatic rings. The molecule has 2 nitrogen and oxygen atoms in total. The quantitative estimate of drug-likeness (QED) is 0.769. The molecule has 1 heterocycles. The number of benzene rings is 1. The molecule has 1 aliphatic heterocycles. The summed E-state index contributed by atoms with van der Waals surface area (Å²) in [7, 11) is 0. The van der Waals surface area contributed by atoms with E-state index in [2.05, 4.69) is 43.0 Å².